The van der Waals surface area contributed by atoms with E-state index >= 15 is 0 Å². The summed E-state index contributed by atoms with van der Waals surface area (Å²) in [4.78, 5) is 12.0. The van der Waals surface area contributed by atoms with Gasteiger partial charge in [0.15, 0.2) is 5.75 Å². The maximum Gasteiger partial charge on any atom is 0.251 e. The number of hydrogen-bond acceptors (Lipinski definition) is 3. The van der Waals surface area contributed by atoms with E-state index in [0.717, 1.165) is 5.56 Å². The third-order valence-electron chi connectivity index (χ3n) is 3.39. The molecule has 2 aromatic carbocycles. The molecule has 0 bridgehead atoms. The van der Waals surface area contributed by atoms with E-state index < -0.39 is 0 Å². The fourth-order valence-electron chi connectivity index (χ4n) is 2.27. The molecule has 0 saturated heterocycles. The van der Waals surface area contributed by atoms with Crippen LogP contribution in [-0.2, 0) is 6.54 Å². The highest BCUT2D eigenvalue weighted by Crippen LogP contribution is 2.37. The Morgan fingerprint density at radius 2 is 1.67 bits per heavy atom. The van der Waals surface area contributed by atoms with Gasteiger partial charge < -0.3 is 15.0 Å². The zero-order chi connectivity index (χ0) is 17.1. The molecule has 1 heterocycles. The van der Waals surface area contributed by atoms with Crippen molar-refractivity contribution in [1.82, 2.24) is 4.57 Å². The van der Waals surface area contributed by atoms with Gasteiger partial charge in [-0.1, -0.05) is 53.5 Å². The summed E-state index contributed by atoms with van der Waals surface area (Å²) in [6.45, 7) is 0.445. The normalized spacial score (nSPS) is 10.6. The maximum atomic E-state index is 12.0. The van der Waals surface area contributed by atoms with Crippen LogP contribution in [0.25, 0.3) is 0 Å². The van der Waals surface area contributed by atoms with Crippen molar-refractivity contribution in [3.05, 3.63) is 86.8 Å². The van der Waals surface area contributed by atoms with E-state index in [1.165, 1.54) is 6.07 Å². The summed E-state index contributed by atoms with van der Waals surface area (Å²) in [6.07, 6.45) is 1.62. The Kier molecular flexibility index (Phi) is 4.79. The van der Waals surface area contributed by atoms with Gasteiger partial charge in [0.1, 0.15) is 5.75 Å². The Balaban J connectivity index is 1.91. The number of halogens is 2. The molecule has 3 rings (SSSR count). The lowest BCUT2D eigenvalue weighted by Crippen LogP contribution is -2.18. The van der Waals surface area contributed by atoms with Crippen molar-refractivity contribution in [2.75, 3.05) is 5.73 Å². The highest BCUT2D eigenvalue weighted by atomic mass is 35.5. The molecular weight excluding hydrogens is 347 g/mol. The highest BCUT2D eigenvalue weighted by Gasteiger charge is 2.11. The van der Waals surface area contributed by atoms with Gasteiger partial charge in [-0.2, -0.15) is 0 Å². The number of aromatic nitrogens is 1. The molecular formula is C18H14Cl2N2O2. The van der Waals surface area contributed by atoms with Gasteiger partial charge in [0.2, 0.25) is 0 Å². The average molecular weight is 361 g/mol. The minimum atomic E-state index is -0.124. The van der Waals surface area contributed by atoms with E-state index in [1.54, 1.807) is 29.0 Å². The van der Waals surface area contributed by atoms with Crippen molar-refractivity contribution in [3.63, 3.8) is 0 Å². The van der Waals surface area contributed by atoms with Crippen molar-refractivity contribution < 1.29 is 4.74 Å². The van der Waals surface area contributed by atoms with Crippen LogP contribution < -0.4 is 16.0 Å². The number of nitrogen functional groups attached to an aromatic ring is 1. The van der Waals surface area contributed by atoms with Crippen molar-refractivity contribution in [3.8, 4) is 11.5 Å². The molecule has 4 nitrogen and oxygen atoms in total. The molecule has 122 valence electrons. The fraction of sp³-hybridized carbons (Fsp3) is 0.0556. The molecule has 0 amide bonds. The Morgan fingerprint density at radius 1 is 1.00 bits per heavy atom. The van der Waals surface area contributed by atoms with Crippen LogP contribution in [0.1, 0.15) is 5.56 Å². The molecule has 1 aromatic heterocycles. The molecule has 0 atom stereocenters. The van der Waals surface area contributed by atoms with Crippen molar-refractivity contribution in [1.29, 1.82) is 0 Å². The van der Waals surface area contributed by atoms with E-state index in [1.807, 2.05) is 30.3 Å². The van der Waals surface area contributed by atoms with Crippen LogP contribution in [0.3, 0.4) is 0 Å². The average Bonchev–Trinajstić information content (AvgIpc) is 2.55. The smallest absolute Gasteiger partial charge is 0.251 e. The van der Waals surface area contributed by atoms with Crippen LogP contribution >= 0.6 is 23.2 Å². The third kappa shape index (κ3) is 3.72. The molecule has 0 unspecified atom stereocenters. The lowest BCUT2D eigenvalue weighted by molar-refractivity contribution is 0.475. The van der Waals surface area contributed by atoms with Gasteiger partial charge in [-0.3, -0.25) is 4.79 Å². The number of ether oxygens (including phenoxy) is 1. The second kappa shape index (κ2) is 6.99. The molecule has 0 spiro atoms. The largest absolute Gasteiger partial charge is 0.453 e. The summed E-state index contributed by atoms with van der Waals surface area (Å²) >= 11 is 12.3. The molecule has 0 saturated carbocycles. The third-order valence-corrected chi connectivity index (χ3v) is 3.95. The van der Waals surface area contributed by atoms with Crippen LogP contribution in [0.15, 0.2) is 65.6 Å². The predicted octanol–water partition coefficient (Wildman–Crippen LogP) is 4.58. The molecule has 6 heteroatoms. The Morgan fingerprint density at radius 3 is 2.33 bits per heavy atom. The summed E-state index contributed by atoms with van der Waals surface area (Å²) in [5.41, 5.74) is 7.02. The van der Waals surface area contributed by atoms with Gasteiger partial charge in [-0.05, 0) is 23.8 Å². The first kappa shape index (κ1) is 16.4. The zero-order valence-electron chi connectivity index (χ0n) is 12.6. The summed E-state index contributed by atoms with van der Waals surface area (Å²) in [5.74, 6) is 0.761. The number of hydrogen-bond donors (Lipinski definition) is 1. The van der Waals surface area contributed by atoms with Gasteiger partial charge >= 0.3 is 0 Å². The molecule has 0 aliphatic rings. The summed E-state index contributed by atoms with van der Waals surface area (Å²) in [5, 5.41) is 0.613. The maximum absolute atomic E-state index is 12.0. The van der Waals surface area contributed by atoms with E-state index in [9.17, 15) is 4.79 Å². The second-order valence-corrected chi connectivity index (χ2v) is 6.05. The van der Waals surface area contributed by atoms with Gasteiger partial charge in [0.05, 0.1) is 22.8 Å². The highest BCUT2D eigenvalue weighted by molar-refractivity contribution is 6.37. The first-order valence-corrected chi connectivity index (χ1v) is 7.95. The first-order chi connectivity index (χ1) is 11.5. The second-order valence-electron chi connectivity index (χ2n) is 5.23. The van der Waals surface area contributed by atoms with Crippen LogP contribution in [0, 0.1) is 0 Å². The van der Waals surface area contributed by atoms with E-state index in [0.29, 0.717) is 33.8 Å². The minimum absolute atomic E-state index is 0.124. The number of benzene rings is 2. The van der Waals surface area contributed by atoms with Gasteiger partial charge in [-0.15, -0.1) is 0 Å². The summed E-state index contributed by atoms with van der Waals surface area (Å²) in [7, 11) is 0. The number of pyridine rings is 1. The van der Waals surface area contributed by atoms with Crippen molar-refractivity contribution in [2.45, 2.75) is 6.54 Å². The number of nitrogens with zero attached hydrogens (tertiary/aromatic N) is 1. The SMILES string of the molecule is Nc1cc(Cl)c(Oc2ccc(=O)n(Cc3ccccc3)c2)c(Cl)c1. The summed E-state index contributed by atoms with van der Waals surface area (Å²) < 4.78 is 7.31. The van der Waals surface area contributed by atoms with E-state index in [-0.39, 0.29) is 5.56 Å². The quantitative estimate of drug-likeness (QED) is 0.692. The van der Waals surface area contributed by atoms with Crippen LogP contribution in [0.5, 0.6) is 11.5 Å². The predicted molar refractivity (Wildman–Crippen MR) is 97.2 cm³/mol. The fourth-order valence-corrected chi connectivity index (χ4v) is 2.85. The molecule has 3 aromatic rings. The molecule has 0 aliphatic heterocycles. The molecule has 0 aliphatic carbocycles. The monoisotopic (exact) mass is 360 g/mol. The first-order valence-electron chi connectivity index (χ1n) is 7.20. The Labute approximate surface area is 149 Å². The van der Waals surface area contributed by atoms with E-state index in [4.69, 9.17) is 33.7 Å². The van der Waals surface area contributed by atoms with Crippen molar-refractivity contribution >= 4 is 28.9 Å². The van der Waals surface area contributed by atoms with Gasteiger partial charge in [-0.25, -0.2) is 0 Å². The van der Waals surface area contributed by atoms with Crippen LogP contribution in [-0.4, -0.2) is 4.57 Å². The standard InChI is InChI=1S/C18H14Cl2N2O2/c19-15-8-13(21)9-16(20)18(15)24-14-6-7-17(23)22(11-14)10-12-4-2-1-3-5-12/h1-9,11H,10,21H2. The molecule has 0 fully saturated rings. The Bertz CT molecular complexity index is 901. The molecule has 2 N–H and O–H groups in total. The van der Waals surface area contributed by atoms with Crippen LogP contribution in [0.4, 0.5) is 5.69 Å². The summed E-state index contributed by atoms with van der Waals surface area (Å²) in [6, 6.07) is 15.8. The molecule has 0 radical (unpaired) electrons. The van der Waals surface area contributed by atoms with Gasteiger partial charge in [0.25, 0.3) is 5.56 Å². The number of nitrogens with two attached hydrogens (primary N) is 1. The lowest BCUT2D eigenvalue weighted by atomic mass is 10.2. The van der Waals surface area contributed by atoms with Crippen molar-refractivity contribution in [2.24, 2.45) is 0 Å². The Hall–Kier alpha value is -2.43. The van der Waals surface area contributed by atoms with Crippen LogP contribution in [0.2, 0.25) is 10.0 Å². The minimum Gasteiger partial charge on any atom is -0.453 e. The molecule has 24 heavy (non-hydrogen) atoms. The van der Waals surface area contributed by atoms with E-state index in [2.05, 4.69) is 0 Å². The zero-order valence-corrected chi connectivity index (χ0v) is 14.1. The topological polar surface area (TPSA) is 57.2 Å². The van der Waals surface area contributed by atoms with Gasteiger partial charge in [0, 0.05) is 11.8 Å². The number of anilines is 1. The number of rotatable bonds is 4. The lowest BCUT2D eigenvalue weighted by Gasteiger charge is -2.12.